The Balaban J connectivity index is 1.44. The van der Waals surface area contributed by atoms with Crippen molar-refractivity contribution in [3.05, 3.63) is 53.8 Å². The second-order valence-corrected chi connectivity index (χ2v) is 7.24. The van der Waals surface area contributed by atoms with Crippen LogP contribution in [0, 0.1) is 0 Å². The highest BCUT2D eigenvalue weighted by molar-refractivity contribution is 7.17. The lowest BCUT2D eigenvalue weighted by molar-refractivity contribution is 0.190. The molecule has 138 valence electrons. The third kappa shape index (κ3) is 2.82. The van der Waals surface area contributed by atoms with Crippen molar-refractivity contribution < 1.29 is 9.52 Å². The lowest BCUT2D eigenvalue weighted by Crippen LogP contribution is -2.48. The highest BCUT2D eigenvalue weighted by Crippen LogP contribution is 2.40. The van der Waals surface area contributed by atoms with E-state index in [0.29, 0.717) is 4.96 Å². The molecule has 5 rings (SSSR count). The van der Waals surface area contributed by atoms with Crippen molar-refractivity contribution in [3.63, 3.8) is 0 Å². The topological polar surface area (TPSA) is 95.8 Å². The molecule has 0 aromatic carbocycles. The molecule has 5 heterocycles. The first-order chi connectivity index (χ1) is 13.3. The van der Waals surface area contributed by atoms with Gasteiger partial charge in [-0.1, -0.05) is 11.3 Å². The van der Waals surface area contributed by atoms with Gasteiger partial charge in [-0.15, -0.1) is 0 Å². The molecule has 27 heavy (non-hydrogen) atoms. The standard InChI is InChI=1S/C17H17N7O2S/c25-15-14(27-17-20-11-21-24(15)17)13(12-3-1-10-26-12)22-6-8-23(9-7-22)16-18-4-2-5-19-16/h1-5,10-11,13,25H,6-9H2. The summed E-state index contributed by atoms with van der Waals surface area (Å²) in [5.41, 5.74) is 0. The Morgan fingerprint density at radius 2 is 1.89 bits per heavy atom. The zero-order valence-corrected chi connectivity index (χ0v) is 15.2. The van der Waals surface area contributed by atoms with Crippen molar-refractivity contribution in [1.82, 2.24) is 29.5 Å². The molecule has 1 aliphatic rings. The summed E-state index contributed by atoms with van der Waals surface area (Å²) in [5, 5.41) is 14.8. The number of hydrogen-bond acceptors (Lipinski definition) is 9. The summed E-state index contributed by atoms with van der Waals surface area (Å²) in [6, 6.07) is 5.43. The average Bonchev–Trinajstić information content (AvgIpc) is 3.45. The molecule has 0 bridgehead atoms. The summed E-state index contributed by atoms with van der Waals surface area (Å²) >= 11 is 1.43. The van der Waals surface area contributed by atoms with E-state index in [-0.39, 0.29) is 11.9 Å². The Labute approximate surface area is 158 Å². The second kappa shape index (κ2) is 6.63. The van der Waals surface area contributed by atoms with Gasteiger partial charge in [0.2, 0.25) is 16.8 Å². The number of anilines is 1. The Hall–Kier alpha value is -2.98. The van der Waals surface area contributed by atoms with E-state index in [4.69, 9.17) is 4.42 Å². The van der Waals surface area contributed by atoms with E-state index in [1.54, 1.807) is 18.7 Å². The predicted molar refractivity (Wildman–Crippen MR) is 98.9 cm³/mol. The normalized spacial score (nSPS) is 16.8. The number of fused-ring (bicyclic) bond motifs is 1. The van der Waals surface area contributed by atoms with Gasteiger partial charge in [0.1, 0.15) is 18.1 Å². The largest absolute Gasteiger partial charge is 0.492 e. The number of nitrogens with zero attached hydrogens (tertiary/aromatic N) is 7. The first-order valence-corrected chi connectivity index (χ1v) is 9.44. The molecule has 0 spiro atoms. The molecule has 4 aromatic heterocycles. The maximum absolute atomic E-state index is 10.7. The third-order valence-electron chi connectivity index (χ3n) is 4.71. The van der Waals surface area contributed by atoms with E-state index >= 15 is 0 Å². The van der Waals surface area contributed by atoms with Crippen LogP contribution in [0.3, 0.4) is 0 Å². The summed E-state index contributed by atoms with van der Waals surface area (Å²) in [6.07, 6.45) is 6.61. The van der Waals surface area contributed by atoms with Crippen LogP contribution in [0.25, 0.3) is 4.96 Å². The minimum Gasteiger partial charge on any atom is -0.492 e. The van der Waals surface area contributed by atoms with Crippen LogP contribution in [0.4, 0.5) is 5.95 Å². The maximum atomic E-state index is 10.7. The van der Waals surface area contributed by atoms with Gasteiger partial charge in [-0.05, 0) is 18.2 Å². The number of hydrogen-bond donors (Lipinski definition) is 1. The Bertz CT molecular complexity index is 1020. The third-order valence-corrected chi connectivity index (χ3v) is 5.80. The molecule has 1 unspecified atom stereocenters. The second-order valence-electron chi connectivity index (χ2n) is 6.23. The number of piperazine rings is 1. The van der Waals surface area contributed by atoms with E-state index in [2.05, 4.69) is 29.9 Å². The van der Waals surface area contributed by atoms with Gasteiger partial charge in [-0.2, -0.15) is 9.61 Å². The van der Waals surface area contributed by atoms with E-state index in [9.17, 15) is 5.11 Å². The van der Waals surface area contributed by atoms with Gasteiger partial charge in [0.05, 0.1) is 11.1 Å². The van der Waals surface area contributed by atoms with Crippen molar-refractivity contribution in [1.29, 1.82) is 0 Å². The van der Waals surface area contributed by atoms with E-state index in [0.717, 1.165) is 42.8 Å². The summed E-state index contributed by atoms with van der Waals surface area (Å²) in [7, 11) is 0. The van der Waals surface area contributed by atoms with Crippen molar-refractivity contribution >= 4 is 22.2 Å². The highest BCUT2D eigenvalue weighted by atomic mass is 32.1. The first kappa shape index (κ1) is 16.2. The van der Waals surface area contributed by atoms with Crippen LogP contribution in [-0.4, -0.2) is 60.8 Å². The zero-order chi connectivity index (χ0) is 18.2. The maximum Gasteiger partial charge on any atom is 0.230 e. The smallest absolute Gasteiger partial charge is 0.230 e. The fraction of sp³-hybridized carbons (Fsp3) is 0.294. The molecule has 1 fully saturated rings. The molecule has 0 radical (unpaired) electrons. The van der Waals surface area contributed by atoms with Gasteiger partial charge < -0.3 is 14.4 Å². The summed E-state index contributed by atoms with van der Waals surface area (Å²) < 4.78 is 7.17. The van der Waals surface area contributed by atoms with E-state index in [1.807, 2.05) is 18.2 Å². The fourth-order valence-electron chi connectivity index (χ4n) is 3.43. The molecule has 0 amide bonds. The first-order valence-electron chi connectivity index (χ1n) is 8.62. The fourth-order valence-corrected chi connectivity index (χ4v) is 4.50. The molecule has 10 heteroatoms. The van der Waals surface area contributed by atoms with Gasteiger partial charge >= 0.3 is 0 Å². The molecule has 1 atom stereocenters. The van der Waals surface area contributed by atoms with Crippen LogP contribution in [0.5, 0.6) is 5.88 Å². The van der Waals surface area contributed by atoms with Crippen molar-refractivity contribution in [2.45, 2.75) is 6.04 Å². The SMILES string of the molecule is Oc1c(C(c2ccco2)N2CCN(c3ncccn3)CC2)sc2ncnn12. The van der Waals surface area contributed by atoms with Crippen LogP contribution >= 0.6 is 11.3 Å². The summed E-state index contributed by atoms with van der Waals surface area (Å²) in [6.45, 7) is 3.17. The van der Waals surface area contributed by atoms with Crippen LogP contribution < -0.4 is 4.90 Å². The molecule has 9 nitrogen and oxygen atoms in total. The zero-order valence-electron chi connectivity index (χ0n) is 14.3. The number of thiazole rings is 1. The van der Waals surface area contributed by atoms with Gasteiger partial charge in [-0.3, -0.25) is 4.90 Å². The van der Waals surface area contributed by atoms with Gasteiger partial charge in [0.15, 0.2) is 0 Å². The van der Waals surface area contributed by atoms with Crippen LogP contribution in [-0.2, 0) is 0 Å². The minimum absolute atomic E-state index is 0.114. The lowest BCUT2D eigenvalue weighted by Gasteiger charge is -2.38. The number of furan rings is 1. The van der Waals surface area contributed by atoms with Crippen molar-refractivity contribution in [3.8, 4) is 5.88 Å². The number of rotatable bonds is 4. The van der Waals surface area contributed by atoms with Crippen LogP contribution in [0.15, 0.2) is 47.6 Å². The average molecular weight is 383 g/mol. The molecule has 1 aliphatic heterocycles. The quantitative estimate of drug-likeness (QED) is 0.570. The molecule has 1 saturated heterocycles. The Morgan fingerprint density at radius 3 is 2.59 bits per heavy atom. The molecule has 0 saturated carbocycles. The van der Waals surface area contributed by atoms with Crippen molar-refractivity contribution in [2.75, 3.05) is 31.1 Å². The van der Waals surface area contributed by atoms with E-state index in [1.165, 1.54) is 22.2 Å². The minimum atomic E-state index is -0.188. The van der Waals surface area contributed by atoms with E-state index < -0.39 is 0 Å². The lowest BCUT2D eigenvalue weighted by atomic mass is 10.1. The number of aromatic nitrogens is 5. The van der Waals surface area contributed by atoms with Crippen molar-refractivity contribution in [2.24, 2.45) is 0 Å². The molecular formula is C17H17N7O2S. The highest BCUT2D eigenvalue weighted by Gasteiger charge is 2.33. The monoisotopic (exact) mass is 383 g/mol. The molecule has 0 aliphatic carbocycles. The van der Waals surface area contributed by atoms with Gasteiger partial charge in [-0.25, -0.2) is 15.0 Å². The van der Waals surface area contributed by atoms with Crippen LogP contribution in [0.1, 0.15) is 16.7 Å². The Kier molecular flexibility index (Phi) is 3.98. The molecular weight excluding hydrogens is 366 g/mol. The predicted octanol–water partition coefficient (Wildman–Crippen LogP) is 1.79. The molecule has 4 aromatic rings. The van der Waals surface area contributed by atoms with Gasteiger partial charge in [0, 0.05) is 38.6 Å². The van der Waals surface area contributed by atoms with Gasteiger partial charge in [0.25, 0.3) is 0 Å². The number of aromatic hydroxyl groups is 1. The Morgan fingerprint density at radius 1 is 1.07 bits per heavy atom. The summed E-state index contributed by atoms with van der Waals surface area (Å²) in [5.74, 6) is 1.65. The summed E-state index contributed by atoms with van der Waals surface area (Å²) in [4.78, 5) is 18.8. The van der Waals surface area contributed by atoms with Crippen LogP contribution in [0.2, 0.25) is 0 Å². The molecule has 1 N–H and O–H groups in total.